The predicted molar refractivity (Wildman–Crippen MR) is 44.7 cm³/mol. The number of hydrogen-bond acceptors (Lipinski definition) is 3. The Morgan fingerprint density at radius 2 is 1.33 bits per heavy atom. The van der Waals surface area contributed by atoms with Crippen LogP contribution < -0.4 is 0 Å². The van der Waals surface area contributed by atoms with E-state index in [1.807, 2.05) is 13.8 Å². The molecule has 0 aromatic heterocycles. The van der Waals surface area contributed by atoms with Gasteiger partial charge >= 0.3 is 5.24 Å². The van der Waals surface area contributed by atoms with Crippen LogP contribution in [0.5, 0.6) is 0 Å². The molecule has 0 saturated carbocycles. The maximum Gasteiger partial charge on any atom is 0.351 e. The third-order valence-corrected chi connectivity index (χ3v) is 0.667. The molecule has 0 spiro atoms. The molecule has 0 bridgehead atoms. The molecule has 0 fully saturated rings. The molecule has 2 nitrogen and oxygen atoms in total. The summed E-state index contributed by atoms with van der Waals surface area (Å²) in [4.78, 5) is 0. The summed E-state index contributed by atoms with van der Waals surface area (Å²) in [5.74, 6) is 0. The average molecular weight is 152 g/mol. The van der Waals surface area contributed by atoms with Gasteiger partial charge in [-0.15, -0.1) is 0 Å². The summed E-state index contributed by atoms with van der Waals surface area (Å²) in [6, 6.07) is 0. The fourth-order valence-electron chi connectivity index (χ4n) is 0.0833. The first kappa shape index (κ1) is 15.9. The standard InChI is InChI=1S/C3H6O2S.C2H6.CH4/c1-4-3(6)5-2;1-2;/h1-2H3;1-2H3;1H4. The van der Waals surface area contributed by atoms with E-state index in [1.165, 1.54) is 14.2 Å². The van der Waals surface area contributed by atoms with E-state index in [1.54, 1.807) is 0 Å². The largest absolute Gasteiger partial charge is 0.460 e. The van der Waals surface area contributed by atoms with Crippen LogP contribution in [0.25, 0.3) is 0 Å². The third kappa shape index (κ3) is 18.3. The molecule has 0 amide bonds. The van der Waals surface area contributed by atoms with Crippen LogP contribution in [0.1, 0.15) is 21.3 Å². The second kappa shape index (κ2) is 15.6. The Balaban J connectivity index is -0.000000109. The lowest BCUT2D eigenvalue weighted by atomic mass is 11.0. The molecule has 0 N–H and O–H groups in total. The van der Waals surface area contributed by atoms with Crippen molar-refractivity contribution in [1.29, 1.82) is 0 Å². The zero-order valence-corrected chi connectivity index (χ0v) is 6.54. The Labute approximate surface area is 63.2 Å². The Morgan fingerprint density at radius 1 is 1.11 bits per heavy atom. The molecular weight excluding hydrogens is 136 g/mol. The lowest BCUT2D eigenvalue weighted by Crippen LogP contribution is -1.97. The smallest absolute Gasteiger partial charge is 0.351 e. The monoisotopic (exact) mass is 152 g/mol. The van der Waals surface area contributed by atoms with E-state index in [-0.39, 0.29) is 12.7 Å². The quantitative estimate of drug-likeness (QED) is 0.496. The van der Waals surface area contributed by atoms with Gasteiger partial charge in [-0.05, 0) is 0 Å². The zero-order valence-electron chi connectivity index (χ0n) is 5.72. The summed E-state index contributed by atoms with van der Waals surface area (Å²) < 4.78 is 8.82. The van der Waals surface area contributed by atoms with E-state index < -0.39 is 0 Å². The van der Waals surface area contributed by atoms with Gasteiger partial charge in [0.2, 0.25) is 0 Å². The second-order valence-electron chi connectivity index (χ2n) is 0.658. The molecule has 0 saturated heterocycles. The number of rotatable bonds is 0. The molecule has 9 heavy (non-hydrogen) atoms. The van der Waals surface area contributed by atoms with Gasteiger partial charge in [-0.25, -0.2) is 0 Å². The summed E-state index contributed by atoms with van der Waals surface area (Å²) >= 11 is 4.41. The number of thiocarbonyl (C=S) groups is 1. The van der Waals surface area contributed by atoms with Gasteiger partial charge in [-0.2, -0.15) is 0 Å². The second-order valence-corrected chi connectivity index (χ2v) is 0.992. The van der Waals surface area contributed by atoms with Crippen molar-refractivity contribution in [2.24, 2.45) is 0 Å². The van der Waals surface area contributed by atoms with Crippen LogP contribution in [-0.2, 0) is 9.47 Å². The molecule has 0 unspecified atom stereocenters. The van der Waals surface area contributed by atoms with Gasteiger partial charge in [-0.3, -0.25) is 0 Å². The van der Waals surface area contributed by atoms with Crippen molar-refractivity contribution in [2.75, 3.05) is 14.2 Å². The van der Waals surface area contributed by atoms with Crippen LogP contribution in [0.4, 0.5) is 0 Å². The topological polar surface area (TPSA) is 18.5 Å². The van der Waals surface area contributed by atoms with Gasteiger partial charge < -0.3 is 9.47 Å². The number of methoxy groups -OCH3 is 2. The highest BCUT2D eigenvalue weighted by Crippen LogP contribution is 1.74. The van der Waals surface area contributed by atoms with Crippen molar-refractivity contribution in [1.82, 2.24) is 0 Å². The lowest BCUT2D eigenvalue weighted by Gasteiger charge is -1.94. The highest BCUT2D eigenvalue weighted by Gasteiger charge is 1.81. The molecule has 0 radical (unpaired) electrons. The molecule has 0 aliphatic carbocycles. The van der Waals surface area contributed by atoms with Crippen molar-refractivity contribution >= 4 is 17.5 Å². The molecule has 0 aromatic carbocycles. The summed E-state index contributed by atoms with van der Waals surface area (Å²) in [6.07, 6.45) is 0. The van der Waals surface area contributed by atoms with Crippen molar-refractivity contribution in [3.8, 4) is 0 Å². The van der Waals surface area contributed by atoms with Gasteiger partial charge in [0, 0.05) is 12.2 Å². The maximum atomic E-state index is 4.41. The van der Waals surface area contributed by atoms with E-state index in [4.69, 9.17) is 0 Å². The number of hydrogen-bond donors (Lipinski definition) is 0. The van der Waals surface area contributed by atoms with Crippen molar-refractivity contribution in [3.63, 3.8) is 0 Å². The minimum atomic E-state index is 0. The molecule has 3 heteroatoms. The Bertz CT molecular complexity index is 49.0. The first-order chi connectivity index (χ1) is 3.81. The van der Waals surface area contributed by atoms with Gasteiger partial charge in [0.05, 0.1) is 14.2 Å². The Hall–Kier alpha value is -0.310. The van der Waals surface area contributed by atoms with Crippen LogP contribution in [0.15, 0.2) is 0 Å². The molecule has 58 valence electrons. The summed E-state index contributed by atoms with van der Waals surface area (Å²) in [6.45, 7) is 4.00. The predicted octanol–water partition coefficient (Wildman–Crippen LogP) is 2.23. The van der Waals surface area contributed by atoms with E-state index in [0.717, 1.165) is 0 Å². The first-order valence-corrected chi connectivity index (χ1v) is 2.84. The van der Waals surface area contributed by atoms with E-state index in [2.05, 4.69) is 21.7 Å². The van der Waals surface area contributed by atoms with Gasteiger partial charge in [-0.1, -0.05) is 21.3 Å². The summed E-state index contributed by atoms with van der Waals surface area (Å²) in [5, 5.41) is 0.176. The average Bonchev–Trinajstić information content (AvgIpc) is 1.91. The molecule has 0 aromatic rings. The molecule has 0 aliphatic heterocycles. The highest BCUT2D eigenvalue weighted by molar-refractivity contribution is 7.79. The minimum Gasteiger partial charge on any atom is -0.460 e. The molecule has 0 aliphatic rings. The van der Waals surface area contributed by atoms with Crippen molar-refractivity contribution < 1.29 is 9.47 Å². The minimum absolute atomic E-state index is 0. The van der Waals surface area contributed by atoms with Gasteiger partial charge in [0.15, 0.2) is 0 Å². The van der Waals surface area contributed by atoms with E-state index in [0.29, 0.717) is 0 Å². The molecule has 0 atom stereocenters. The molecule has 0 heterocycles. The van der Waals surface area contributed by atoms with Crippen LogP contribution in [-0.4, -0.2) is 19.5 Å². The maximum absolute atomic E-state index is 4.41. The van der Waals surface area contributed by atoms with Crippen LogP contribution in [0, 0.1) is 0 Å². The van der Waals surface area contributed by atoms with E-state index in [9.17, 15) is 0 Å². The van der Waals surface area contributed by atoms with Crippen LogP contribution in [0.3, 0.4) is 0 Å². The van der Waals surface area contributed by atoms with Gasteiger partial charge in [0.25, 0.3) is 0 Å². The van der Waals surface area contributed by atoms with Crippen molar-refractivity contribution in [2.45, 2.75) is 21.3 Å². The normalized spacial score (nSPS) is 5.33. The Morgan fingerprint density at radius 3 is 1.33 bits per heavy atom. The first-order valence-electron chi connectivity index (χ1n) is 2.43. The molecule has 0 rings (SSSR count). The third-order valence-electron chi connectivity index (χ3n) is 0.333. The summed E-state index contributed by atoms with van der Waals surface area (Å²) in [7, 11) is 2.93. The fraction of sp³-hybridized carbons (Fsp3) is 0.833. The van der Waals surface area contributed by atoms with Crippen LogP contribution >= 0.6 is 12.2 Å². The van der Waals surface area contributed by atoms with Crippen molar-refractivity contribution in [3.05, 3.63) is 0 Å². The van der Waals surface area contributed by atoms with E-state index >= 15 is 0 Å². The van der Waals surface area contributed by atoms with Gasteiger partial charge in [0.1, 0.15) is 0 Å². The lowest BCUT2D eigenvalue weighted by molar-refractivity contribution is 0.258. The Kier molecular flexibility index (Phi) is 27.6. The zero-order chi connectivity index (χ0) is 6.99. The fourth-order valence-corrected chi connectivity index (χ4v) is 0.0833. The van der Waals surface area contributed by atoms with Crippen LogP contribution in [0.2, 0.25) is 0 Å². The highest BCUT2D eigenvalue weighted by atomic mass is 32.1. The molecular formula is C6H16O2S. The summed E-state index contributed by atoms with van der Waals surface area (Å²) in [5.41, 5.74) is 0. The SMILES string of the molecule is C.CC.COC(=S)OC. The number of ether oxygens (including phenoxy) is 2.